The summed E-state index contributed by atoms with van der Waals surface area (Å²) in [7, 11) is 0. The highest BCUT2D eigenvalue weighted by atomic mass is 16.5. The molecule has 106 valence electrons. The molecule has 0 bridgehead atoms. The smallest absolute Gasteiger partial charge is 0.0644 e. The van der Waals surface area contributed by atoms with Crippen LogP contribution in [0.2, 0.25) is 0 Å². The Labute approximate surface area is 110 Å². The van der Waals surface area contributed by atoms with Crippen LogP contribution in [0.1, 0.15) is 32.6 Å². The Kier molecular flexibility index (Phi) is 5.01. The van der Waals surface area contributed by atoms with Crippen LogP contribution in [0.15, 0.2) is 0 Å². The van der Waals surface area contributed by atoms with E-state index in [1.807, 2.05) is 0 Å². The van der Waals surface area contributed by atoms with E-state index < -0.39 is 0 Å². The lowest BCUT2D eigenvalue weighted by molar-refractivity contribution is -0.0500. The van der Waals surface area contributed by atoms with Crippen molar-refractivity contribution < 1.29 is 9.84 Å². The second-order valence-electron chi connectivity index (χ2n) is 6.27. The predicted octanol–water partition coefficient (Wildman–Crippen LogP) is 0.835. The summed E-state index contributed by atoms with van der Waals surface area (Å²) in [6.07, 6.45) is 5.07. The van der Waals surface area contributed by atoms with Crippen molar-refractivity contribution in [2.75, 3.05) is 39.5 Å². The van der Waals surface area contributed by atoms with E-state index in [2.05, 4.69) is 11.8 Å². The van der Waals surface area contributed by atoms with E-state index >= 15 is 0 Å². The maximum absolute atomic E-state index is 9.44. The number of nitrogens with two attached hydrogens (primary N) is 1. The molecule has 1 unspecified atom stereocenters. The van der Waals surface area contributed by atoms with E-state index in [4.69, 9.17) is 10.5 Å². The minimum atomic E-state index is 0.168. The van der Waals surface area contributed by atoms with Gasteiger partial charge in [-0.3, -0.25) is 4.90 Å². The molecule has 0 aromatic rings. The summed E-state index contributed by atoms with van der Waals surface area (Å²) in [5.41, 5.74) is 6.34. The fourth-order valence-electron chi connectivity index (χ4n) is 3.30. The molecule has 0 aromatic carbocycles. The fraction of sp³-hybridized carbons (Fsp3) is 1.00. The van der Waals surface area contributed by atoms with Crippen LogP contribution in [0, 0.1) is 11.3 Å². The Bertz CT molecular complexity index is 252. The number of nitrogens with zero attached hydrogens (tertiary/aromatic N) is 1. The number of rotatable bonds is 4. The van der Waals surface area contributed by atoms with Gasteiger partial charge in [-0.15, -0.1) is 0 Å². The summed E-state index contributed by atoms with van der Waals surface area (Å²) in [6, 6.07) is 0.168. The molecule has 4 heteroatoms. The molecule has 2 rings (SSSR count). The van der Waals surface area contributed by atoms with E-state index in [-0.39, 0.29) is 18.1 Å². The first-order valence-corrected chi connectivity index (χ1v) is 7.32. The summed E-state index contributed by atoms with van der Waals surface area (Å²) < 4.78 is 5.44. The standard InChI is InChI=1S/C14H28N2O2/c1-12-2-4-14(10-15,5-3-12)11-16-6-7-18-9-13(16)8-17/h12-13,17H,2-11,15H2,1H3. The van der Waals surface area contributed by atoms with Gasteiger partial charge in [-0.2, -0.15) is 0 Å². The van der Waals surface area contributed by atoms with Crippen LogP contribution in [0.4, 0.5) is 0 Å². The van der Waals surface area contributed by atoms with Crippen LogP contribution in [0.3, 0.4) is 0 Å². The van der Waals surface area contributed by atoms with E-state index in [9.17, 15) is 5.11 Å². The molecule has 2 aliphatic rings. The fourth-order valence-corrected chi connectivity index (χ4v) is 3.30. The lowest BCUT2D eigenvalue weighted by Gasteiger charge is -2.45. The Morgan fingerprint density at radius 3 is 2.72 bits per heavy atom. The third-order valence-corrected chi connectivity index (χ3v) is 4.87. The van der Waals surface area contributed by atoms with Gasteiger partial charge < -0.3 is 15.6 Å². The second-order valence-corrected chi connectivity index (χ2v) is 6.27. The van der Waals surface area contributed by atoms with Gasteiger partial charge in [0, 0.05) is 13.1 Å². The quantitative estimate of drug-likeness (QED) is 0.782. The first-order chi connectivity index (χ1) is 8.69. The Morgan fingerprint density at radius 1 is 1.39 bits per heavy atom. The summed E-state index contributed by atoms with van der Waals surface area (Å²) in [6.45, 7) is 6.71. The highest BCUT2D eigenvalue weighted by molar-refractivity contribution is 4.90. The summed E-state index contributed by atoms with van der Waals surface area (Å²) >= 11 is 0. The second kappa shape index (κ2) is 6.33. The lowest BCUT2D eigenvalue weighted by Crippen LogP contribution is -2.54. The Hall–Kier alpha value is -0.160. The van der Waals surface area contributed by atoms with Crippen LogP contribution >= 0.6 is 0 Å². The Morgan fingerprint density at radius 2 is 2.11 bits per heavy atom. The summed E-state index contributed by atoms with van der Waals surface area (Å²) in [5.74, 6) is 0.850. The molecule has 4 nitrogen and oxygen atoms in total. The van der Waals surface area contributed by atoms with Gasteiger partial charge in [0.1, 0.15) is 0 Å². The first-order valence-electron chi connectivity index (χ1n) is 7.32. The van der Waals surface area contributed by atoms with E-state index in [0.29, 0.717) is 6.61 Å². The summed E-state index contributed by atoms with van der Waals surface area (Å²) in [5, 5.41) is 9.44. The number of morpholine rings is 1. The molecule has 0 spiro atoms. The highest BCUT2D eigenvalue weighted by Gasteiger charge is 2.36. The van der Waals surface area contributed by atoms with Gasteiger partial charge in [-0.05, 0) is 30.7 Å². The Balaban J connectivity index is 1.96. The SMILES string of the molecule is CC1CCC(CN)(CN2CCOCC2CO)CC1. The average Bonchev–Trinajstić information content (AvgIpc) is 2.42. The molecule has 1 heterocycles. The molecular formula is C14H28N2O2. The number of hydrogen-bond donors (Lipinski definition) is 2. The molecule has 0 aromatic heterocycles. The maximum Gasteiger partial charge on any atom is 0.0644 e. The number of aliphatic hydroxyl groups is 1. The lowest BCUT2D eigenvalue weighted by atomic mass is 9.70. The van der Waals surface area contributed by atoms with E-state index in [1.54, 1.807) is 0 Å². The van der Waals surface area contributed by atoms with Crippen molar-refractivity contribution in [2.24, 2.45) is 17.1 Å². The third kappa shape index (κ3) is 3.23. The van der Waals surface area contributed by atoms with Crippen molar-refractivity contribution in [3.05, 3.63) is 0 Å². The van der Waals surface area contributed by atoms with Gasteiger partial charge in [0.25, 0.3) is 0 Å². The van der Waals surface area contributed by atoms with Crippen LogP contribution in [0.25, 0.3) is 0 Å². The van der Waals surface area contributed by atoms with Crippen LogP contribution < -0.4 is 5.73 Å². The van der Waals surface area contributed by atoms with Crippen molar-refractivity contribution >= 4 is 0 Å². The third-order valence-electron chi connectivity index (χ3n) is 4.87. The van der Waals surface area contributed by atoms with Crippen LogP contribution in [0.5, 0.6) is 0 Å². The van der Waals surface area contributed by atoms with Crippen LogP contribution in [-0.2, 0) is 4.74 Å². The van der Waals surface area contributed by atoms with Gasteiger partial charge in [0.15, 0.2) is 0 Å². The van der Waals surface area contributed by atoms with Crippen molar-refractivity contribution in [1.82, 2.24) is 4.90 Å². The monoisotopic (exact) mass is 256 g/mol. The largest absolute Gasteiger partial charge is 0.395 e. The number of hydrogen-bond acceptors (Lipinski definition) is 4. The summed E-state index contributed by atoms with van der Waals surface area (Å²) in [4.78, 5) is 2.40. The molecule has 1 saturated heterocycles. The minimum absolute atomic E-state index is 0.168. The predicted molar refractivity (Wildman–Crippen MR) is 72.4 cm³/mol. The molecule has 1 atom stereocenters. The molecule has 1 aliphatic heterocycles. The van der Waals surface area contributed by atoms with Crippen LogP contribution in [-0.4, -0.2) is 55.5 Å². The average molecular weight is 256 g/mol. The van der Waals surface area contributed by atoms with E-state index in [0.717, 1.165) is 32.2 Å². The normalized spacial score (nSPS) is 38.8. The van der Waals surface area contributed by atoms with Gasteiger partial charge in [-0.25, -0.2) is 0 Å². The van der Waals surface area contributed by atoms with Crippen molar-refractivity contribution in [3.8, 4) is 0 Å². The number of ether oxygens (including phenoxy) is 1. The maximum atomic E-state index is 9.44. The van der Waals surface area contributed by atoms with Crippen molar-refractivity contribution in [3.63, 3.8) is 0 Å². The van der Waals surface area contributed by atoms with Crippen molar-refractivity contribution in [1.29, 1.82) is 0 Å². The minimum Gasteiger partial charge on any atom is -0.395 e. The molecule has 3 N–H and O–H groups in total. The molecule has 2 fully saturated rings. The van der Waals surface area contributed by atoms with Gasteiger partial charge in [0.05, 0.1) is 25.9 Å². The zero-order valence-corrected chi connectivity index (χ0v) is 11.6. The van der Waals surface area contributed by atoms with E-state index in [1.165, 1.54) is 25.7 Å². The van der Waals surface area contributed by atoms with Gasteiger partial charge in [0.2, 0.25) is 0 Å². The molecule has 0 amide bonds. The molecule has 0 radical (unpaired) electrons. The molecule has 1 aliphatic carbocycles. The topological polar surface area (TPSA) is 58.7 Å². The highest BCUT2D eigenvalue weighted by Crippen LogP contribution is 2.39. The zero-order chi connectivity index (χ0) is 13.0. The molecule has 18 heavy (non-hydrogen) atoms. The van der Waals surface area contributed by atoms with Gasteiger partial charge >= 0.3 is 0 Å². The molecular weight excluding hydrogens is 228 g/mol. The molecule has 1 saturated carbocycles. The first kappa shape index (κ1) is 14.3. The number of aliphatic hydroxyl groups excluding tert-OH is 1. The zero-order valence-electron chi connectivity index (χ0n) is 11.6. The van der Waals surface area contributed by atoms with Gasteiger partial charge in [-0.1, -0.05) is 19.8 Å². The van der Waals surface area contributed by atoms with Crippen molar-refractivity contribution in [2.45, 2.75) is 38.6 Å².